The first-order valence-electron chi connectivity index (χ1n) is 10.1. The zero-order chi connectivity index (χ0) is 20.2. The average molecular weight is 417 g/mol. The number of ether oxygens (including phenoxy) is 2. The molecule has 2 saturated heterocycles. The molecule has 1 aromatic heterocycles. The van der Waals surface area contributed by atoms with Crippen LogP contribution < -0.4 is 15.0 Å². The molecule has 0 bridgehead atoms. The van der Waals surface area contributed by atoms with Gasteiger partial charge in [0.2, 0.25) is 0 Å². The molecule has 7 nitrogen and oxygen atoms in total. The van der Waals surface area contributed by atoms with E-state index in [0.717, 1.165) is 74.4 Å². The highest BCUT2D eigenvalue weighted by molar-refractivity contribution is 7.14. The molecule has 156 valence electrons. The van der Waals surface area contributed by atoms with E-state index >= 15 is 0 Å². The molecule has 29 heavy (non-hydrogen) atoms. The number of carbonyl (C=O) groups excluding carboxylic acids is 1. The molecular formula is C21H28N4O3S. The van der Waals surface area contributed by atoms with Gasteiger partial charge in [-0.15, -0.1) is 11.3 Å². The molecule has 1 N–H and O–H groups in total. The molecule has 4 rings (SSSR count). The maximum atomic E-state index is 12.8. The van der Waals surface area contributed by atoms with Crippen LogP contribution in [0.5, 0.6) is 5.75 Å². The number of nitrogens with zero attached hydrogens (tertiary/aromatic N) is 3. The maximum absolute atomic E-state index is 12.8. The molecule has 2 fully saturated rings. The van der Waals surface area contributed by atoms with Crippen LogP contribution in [0.4, 0.5) is 5.13 Å². The van der Waals surface area contributed by atoms with Gasteiger partial charge in [-0.1, -0.05) is 0 Å². The van der Waals surface area contributed by atoms with Gasteiger partial charge in [-0.3, -0.25) is 4.79 Å². The molecule has 0 spiro atoms. The monoisotopic (exact) mass is 416 g/mol. The van der Waals surface area contributed by atoms with Crippen LogP contribution in [0, 0.1) is 0 Å². The van der Waals surface area contributed by atoms with Crippen LogP contribution in [0.1, 0.15) is 23.2 Å². The van der Waals surface area contributed by atoms with E-state index in [1.165, 1.54) is 0 Å². The zero-order valence-electron chi connectivity index (χ0n) is 17.0. The van der Waals surface area contributed by atoms with E-state index in [1.807, 2.05) is 23.6 Å². The topological polar surface area (TPSA) is 66.9 Å². The van der Waals surface area contributed by atoms with Gasteiger partial charge in [0.05, 0.1) is 26.0 Å². The summed E-state index contributed by atoms with van der Waals surface area (Å²) >= 11 is 1.61. The van der Waals surface area contributed by atoms with Gasteiger partial charge in [0.25, 0.3) is 5.91 Å². The number of nitrogens with one attached hydrogen (secondary N) is 1. The minimum absolute atomic E-state index is 0.0351. The van der Waals surface area contributed by atoms with E-state index in [9.17, 15) is 4.79 Å². The predicted octanol–water partition coefficient (Wildman–Crippen LogP) is 2.48. The largest absolute Gasteiger partial charge is 0.496 e. The number of aromatic nitrogens is 1. The summed E-state index contributed by atoms with van der Waals surface area (Å²) in [5.74, 6) is 0.687. The minimum Gasteiger partial charge on any atom is -0.496 e. The van der Waals surface area contributed by atoms with Crippen molar-refractivity contribution in [1.82, 2.24) is 15.2 Å². The number of morpholine rings is 1. The molecule has 8 heteroatoms. The van der Waals surface area contributed by atoms with Crippen LogP contribution in [0.25, 0.3) is 11.3 Å². The van der Waals surface area contributed by atoms with Gasteiger partial charge in [-0.2, -0.15) is 0 Å². The van der Waals surface area contributed by atoms with Crippen LogP contribution in [-0.4, -0.2) is 75.4 Å². The number of carbonyl (C=O) groups is 1. The lowest BCUT2D eigenvalue weighted by Crippen LogP contribution is -2.43. The third-order valence-corrected chi connectivity index (χ3v) is 6.47. The molecular weight excluding hydrogens is 388 g/mol. The number of anilines is 1. The number of thiazole rings is 1. The number of rotatable bonds is 5. The molecule has 0 unspecified atom stereocenters. The van der Waals surface area contributed by atoms with Gasteiger partial charge in [0.1, 0.15) is 5.75 Å². The Balaban J connectivity index is 1.52. The number of hydrogen-bond acceptors (Lipinski definition) is 7. The first-order chi connectivity index (χ1) is 14.1. The second kappa shape index (κ2) is 9.11. The minimum atomic E-state index is -0.0351. The molecule has 0 radical (unpaired) electrons. The highest BCUT2D eigenvalue weighted by atomic mass is 32.1. The molecule has 2 aromatic rings. The SMILES string of the molecule is COc1ccc(C(=O)NC2CCN(C)CC2)cc1-c1csc(N2CCOCC2)n1. The maximum Gasteiger partial charge on any atom is 0.251 e. The lowest BCUT2D eigenvalue weighted by Gasteiger charge is -2.29. The van der Waals surface area contributed by atoms with E-state index in [2.05, 4.69) is 22.2 Å². The number of benzene rings is 1. The van der Waals surface area contributed by atoms with Crippen LogP contribution in [-0.2, 0) is 4.74 Å². The van der Waals surface area contributed by atoms with Crippen molar-refractivity contribution in [2.24, 2.45) is 0 Å². The van der Waals surface area contributed by atoms with Gasteiger partial charge in [-0.05, 0) is 51.2 Å². The summed E-state index contributed by atoms with van der Waals surface area (Å²) in [6, 6.07) is 5.80. The van der Waals surface area contributed by atoms with Crippen molar-refractivity contribution in [1.29, 1.82) is 0 Å². The van der Waals surface area contributed by atoms with Gasteiger partial charge in [-0.25, -0.2) is 4.98 Å². The van der Waals surface area contributed by atoms with E-state index in [4.69, 9.17) is 14.5 Å². The Morgan fingerprint density at radius 1 is 1.24 bits per heavy atom. The summed E-state index contributed by atoms with van der Waals surface area (Å²) in [7, 11) is 3.76. The van der Waals surface area contributed by atoms with Crippen molar-refractivity contribution >= 4 is 22.4 Å². The Morgan fingerprint density at radius 3 is 2.72 bits per heavy atom. The van der Waals surface area contributed by atoms with Crippen molar-refractivity contribution < 1.29 is 14.3 Å². The molecule has 1 amide bonds. The third kappa shape index (κ3) is 4.71. The second-order valence-corrected chi connectivity index (χ2v) is 8.42. The van der Waals surface area contributed by atoms with Crippen LogP contribution >= 0.6 is 11.3 Å². The lowest BCUT2D eigenvalue weighted by atomic mass is 10.0. The predicted molar refractivity (Wildman–Crippen MR) is 115 cm³/mol. The fourth-order valence-corrected chi connectivity index (χ4v) is 4.64. The van der Waals surface area contributed by atoms with Crippen molar-refractivity contribution in [3.05, 3.63) is 29.1 Å². The van der Waals surface area contributed by atoms with E-state index < -0.39 is 0 Å². The summed E-state index contributed by atoms with van der Waals surface area (Å²) in [6.45, 7) is 5.19. The lowest BCUT2D eigenvalue weighted by molar-refractivity contribution is 0.0917. The van der Waals surface area contributed by atoms with E-state index in [1.54, 1.807) is 18.4 Å². The van der Waals surface area contributed by atoms with E-state index in [0.29, 0.717) is 5.56 Å². The highest BCUT2D eigenvalue weighted by Crippen LogP contribution is 2.34. The molecule has 0 saturated carbocycles. The Hall–Kier alpha value is -2.16. The molecule has 2 aliphatic heterocycles. The first kappa shape index (κ1) is 20.1. The van der Waals surface area contributed by atoms with Crippen molar-refractivity contribution in [3.63, 3.8) is 0 Å². The fourth-order valence-electron chi connectivity index (χ4n) is 3.76. The summed E-state index contributed by atoms with van der Waals surface area (Å²) in [5.41, 5.74) is 2.32. The Bertz CT molecular complexity index is 842. The number of amides is 1. The number of hydrogen-bond donors (Lipinski definition) is 1. The van der Waals surface area contributed by atoms with Crippen LogP contribution in [0.2, 0.25) is 0 Å². The van der Waals surface area contributed by atoms with Gasteiger partial charge in [0, 0.05) is 35.6 Å². The second-order valence-electron chi connectivity index (χ2n) is 7.58. The molecule has 0 atom stereocenters. The first-order valence-corrected chi connectivity index (χ1v) is 11.0. The molecule has 1 aromatic carbocycles. The number of likely N-dealkylation sites (tertiary alicyclic amines) is 1. The third-order valence-electron chi connectivity index (χ3n) is 5.57. The summed E-state index contributed by atoms with van der Waals surface area (Å²) in [4.78, 5) is 22.2. The Labute approximate surface area is 175 Å². The quantitative estimate of drug-likeness (QED) is 0.808. The fraction of sp³-hybridized carbons (Fsp3) is 0.524. The van der Waals surface area contributed by atoms with Crippen LogP contribution in [0.15, 0.2) is 23.6 Å². The van der Waals surface area contributed by atoms with E-state index in [-0.39, 0.29) is 11.9 Å². The van der Waals surface area contributed by atoms with Gasteiger partial charge in [0.15, 0.2) is 5.13 Å². The van der Waals surface area contributed by atoms with Crippen molar-refractivity contribution in [2.75, 3.05) is 58.5 Å². The van der Waals surface area contributed by atoms with Crippen molar-refractivity contribution in [2.45, 2.75) is 18.9 Å². The summed E-state index contributed by atoms with van der Waals surface area (Å²) in [5, 5.41) is 6.19. The Kier molecular flexibility index (Phi) is 6.32. The molecule has 0 aliphatic carbocycles. The smallest absolute Gasteiger partial charge is 0.251 e. The van der Waals surface area contributed by atoms with Gasteiger partial charge < -0.3 is 24.6 Å². The number of methoxy groups -OCH3 is 1. The molecule has 2 aliphatic rings. The Morgan fingerprint density at radius 2 is 2.00 bits per heavy atom. The van der Waals surface area contributed by atoms with Crippen molar-refractivity contribution in [3.8, 4) is 17.0 Å². The van der Waals surface area contributed by atoms with Crippen LogP contribution in [0.3, 0.4) is 0 Å². The standard InChI is InChI=1S/C21H28N4O3S/c1-24-7-5-16(6-8-24)22-20(26)15-3-4-19(27-2)17(13-15)18-14-29-21(23-18)25-9-11-28-12-10-25/h3-4,13-14,16H,5-12H2,1-2H3,(H,22,26). The number of piperidine rings is 1. The highest BCUT2D eigenvalue weighted by Gasteiger charge is 2.21. The summed E-state index contributed by atoms with van der Waals surface area (Å²) in [6.07, 6.45) is 1.97. The summed E-state index contributed by atoms with van der Waals surface area (Å²) < 4.78 is 11.0. The average Bonchev–Trinajstić information content (AvgIpc) is 3.25. The molecule has 3 heterocycles. The zero-order valence-corrected chi connectivity index (χ0v) is 17.8. The van der Waals surface area contributed by atoms with Gasteiger partial charge >= 0.3 is 0 Å². The normalized spacial score (nSPS) is 18.6.